The van der Waals surface area contributed by atoms with Crippen LogP contribution in [0.4, 0.5) is 0 Å². The maximum atomic E-state index is 5.32. The van der Waals surface area contributed by atoms with Gasteiger partial charge in [-0.05, 0) is 0 Å². The molecule has 2 nitrogen and oxygen atoms in total. The number of rotatable bonds is 8. The molecular formula is C18H28N2W. The minimum atomic E-state index is -2.98. The average Bonchev–Trinajstić information content (AvgIpc) is 3.19. The Bertz CT molecular complexity index is 480. The monoisotopic (exact) mass is 456 g/mol. The summed E-state index contributed by atoms with van der Waals surface area (Å²) in [5.41, 5.74) is 0. The van der Waals surface area contributed by atoms with Gasteiger partial charge in [0.1, 0.15) is 0 Å². The Balaban J connectivity index is 2.41. The zero-order valence-electron chi connectivity index (χ0n) is 13.3. The zero-order chi connectivity index (χ0) is 15.0. The molecule has 0 atom stereocenters. The molecule has 0 aromatic rings. The van der Waals surface area contributed by atoms with Crippen LogP contribution < -0.4 is 0 Å². The summed E-state index contributed by atoms with van der Waals surface area (Å²) in [5, 5.41) is 0. The van der Waals surface area contributed by atoms with E-state index >= 15 is 0 Å². The van der Waals surface area contributed by atoms with Gasteiger partial charge in [-0.25, -0.2) is 0 Å². The molecule has 0 N–H and O–H groups in total. The van der Waals surface area contributed by atoms with E-state index in [9.17, 15) is 0 Å². The fourth-order valence-electron chi connectivity index (χ4n) is 2.59. The molecule has 0 aromatic carbocycles. The van der Waals surface area contributed by atoms with Crippen LogP contribution in [-0.4, -0.2) is 13.1 Å². The summed E-state index contributed by atoms with van der Waals surface area (Å²) in [6, 6.07) is 0. The van der Waals surface area contributed by atoms with Gasteiger partial charge in [0.05, 0.1) is 0 Å². The van der Waals surface area contributed by atoms with E-state index in [1.807, 2.05) is 0 Å². The van der Waals surface area contributed by atoms with Crippen molar-refractivity contribution in [1.82, 2.24) is 0 Å². The van der Waals surface area contributed by atoms with E-state index in [1.165, 1.54) is 25.7 Å². The average molecular weight is 456 g/mol. The van der Waals surface area contributed by atoms with Crippen molar-refractivity contribution in [1.29, 1.82) is 0 Å². The fraction of sp³-hybridized carbons (Fsp3) is 0.556. The van der Waals surface area contributed by atoms with Crippen LogP contribution in [0.15, 0.2) is 55.6 Å². The SMILES string of the molecule is CCCC[N]=[W](=[N]CCCC)([CH]1C=CC=C1)[CH]1C=CC=C1. The summed E-state index contributed by atoms with van der Waals surface area (Å²) < 4.78 is 11.6. The molecule has 0 radical (unpaired) electrons. The summed E-state index contributed by atoms with van der Waals surface area (Å²) in [4.78, 5) is 0. The Kier molecular flexibility index (Phi) is 6.83. The second kappa shape index (κ2) is 8.63. The summed E-state index contributed by atoms with van der Waals surface area (Å²) in [5.74, 6) is 0. The molecule has 2 aliphatic rings. The first-order chi connectivity index (χ1) is 10.3. The van der Waals surface area contributed by atoms with Crippen molar-refractivity contribution in [2.75, 3.05) is 13.1 Å². The topological polar surface area (TPSA) is 24.7 Å². The minimum absolute atomic E-state index is 0.503. The molecule has 116 valence electrons. The van der Waals surface area contributed by atoms with Crippen LogP contribution in [0.25, 0.3) is 0 Å². The molecule has 0 amide bonds. The Labute approximate surface area is 132 Å². The first-order valence-corrected chi connectivity index (χ1v) is 14.2. The number of nitrogens with zero attached hydrogens (tertiary/aromatic N) is 2. The van der Waals surface area contributed by atoms with Crippen molar-refractivity contribution in [2.45, 2.75) is 48.1 Å². The van der Waals surface area contributed by atoms with E-state index in [-0.39, 0.29) is 0 Å². The molecule has 0 fully saturated rings. The fourth-order valence-corrected chi connectivity index (χ4v) is 14.3. The van der Waals surface area contributed by atoms with Crippen molar-refractivity contribution < 1.29 is 15.7 Å². The molecule has 0 aromatic heterocycles. The van der Waals surface area contributed by atoms with Crippen LogP contribution in [0, 0.1) is 0 Å². The summed E-state index contributed by atoms with van der Waals surface area (Å²) in [6.07, 6.45) is 22.9. The zero-order valence-corrected chi connectivity index (χ0v) is 16.3. The molecule has 2 aliphatic carbocycles. The van der Waals surface area contributed by atoms with Gasteiger partial charge in [0.25, 0.3) is 0 Å². The van der Waals surface area contributed by atoms with Gasteiger partial charge in [0.2, 0.25) is 0 Å². The number of allylic oxidation sites excluding steroid dienone is 8. The Morgan fingerprint density at radius 1 is 0.714 bits per heavy atom. The van der Waals surface area contributed by atoms with Gasteiger partial charge >= 0.3 is 133 Å². The van der Waals surface area contributed by atoms with Gasteiger partial charge in [-0.15, -0.1) is 0 Å². The summed E-state index contributed by atoms with van der Waals surface area (Å²) >= 11 is -2.98. The number of hydrogen-bond acceptors (Lipinski definition) is 2. The Morgan fingerprint density at radius 2 is 1.10 bits per heavy atom. The van der Waals surface area contributed by atoms with Crippen molar-refractivity contribution in [3.63, 3.8) is 0 Å². The van der Waals surface area contributed by atoms with Crippen molar-refractivity contribution in [3.05, 3.63) is 48.6 Å². The van der Waals surface area contributed by atoms with Gasteiger partial charge in [-0.2, -0.15) is 0 Å². The van der Waals surface area contributed by atoms with Gasteiger partial charge in [-0.3, -0.25) is 0 Å². The second-order valence-electron chi connectivity index (χ2n) is 5.52. The van der Waals surface area contributed by atoms with E-state index in [0.717, 1.165) is 13.1 Å². The Morgan fingerprint density at radius 3 is 1.43 bits per heavy atom. The molecule has 21 heavy (non-hydrogen) atoms. The van der Waals surface area contributed by atoms with Crippen LogP contribution in [-0.2, 0) is 15.7 Å². The Hall–Kier alpha value is -0.752. The second-order valence-corrected chi connectivity index (χ2v) is 15.9. The normalized spacial score (nSPS) is 18.0. The summed E-state index contributed by atoms with van der Waals surface area (Å²) in [7, 11) is 0. The van der Waals surface area contributed by atoms with Gasteiger partial charge in [-0.1, -0.05) is 0 Å². The molecule has 0 unspecified atom stereocenters. The predicted octanol–water partition coefficient (Wildman–Crippen LogP) is 5.94. The van der Waals surface area contributed by atoms with E-state index in [0.29, 0.717) is 8.62 Å². The van der Waals surface area contributed by atoms with Crippen LogP contribution in [0.2, 0.25) is 8.62 Å². The van der Waals surface area contributed by atoms with Gasteiger partial charge in [0, 0.05) is 0 Å². The molecule has 0 aliphatic heterocycles. The van der Waals surface area contributed by atoms with Gasteiger partial charge < -0.3 is 0 Å². The standard InChI is InChI=1S/2C5H5.2C4H9N.W/c2*1-2-4-5-3-1;2*1-2-3-4-5;/h2*1-5H;2*2-4H2,1H3;. The quantitative estimate of drug-likeness (QED) is 0.404. The number of unbranched alkanes of at least 4 members (excludes halogenated alkanes) is 2. The van der Waals surface area contributed by atoms with Crippen LogP contribution in [0.3, 0.4) is 0 Å². The molecule has 0 heterocycles. The molecule has 0 bridgehead atoms. The van der Waals surface area contributed by atoms with Gasteiger partial charge in [0.15, 0.2) is 0 Å². The van der Waals surface area contributed by atoms with Crippen LogP contribution in [0.1, 0.15) is 39.5 Å². The third-order valence-electron chi connectivity index (χ3n) is 3.85. The molecular weight excluding hydrogens is 428 g/mol. The maximum absolute atomic E-state index is 5.32. The van der Waals surface area contributed by atoms with Crippen LogP contribution in [0.5, 0.6) is 0 Å². The first-order valence-electron chi connectivity index (χ1n) is 8.22. The molecule has 0 saturated carbocycles. The van der Waals surface area contributed by atoms with Crippen molar-refractivity contribution >= 4 is 0 Å². The summed E-state index contributed by atoms with van der Waals surface area (Å²) in [6.45, 7) is 6.48. The van der Waals surface area contributed by atoms with E-state index in [2.05, 4.69) is 62.5 Å². The third kappa shape index (κ3) is 4.13. The molecule has 0 spiro atoms. The number of hydrogen-bond donors (Lipinski definition) is 0. The molecule has 0 saturated heterocycles. The molecule has 3 heteroatoms. The third-order valence-corrected chi connectivity index (χ3v) is 16.1. The van der Waals surface area contributed by atoms with Crippen LogP contribution >= 0.6 is 0 Å². The van der Waals surface area contributed by atoms with Crippen molar-refractivity contribution in [3.8, 4) is 0 Å². The molecule has 2 rings (SSSR count). The van der Waals surface area contributed by atoms with E-state index < -0.39 is 15.7 Å². The van der Waals surface area contributed by atoms with Crippen molar-refractivity contribution in [2.24, 2.45) is 6.99 Å². The predicted molar refractivity (Wildman–Crippen MR) is 88.5 cm³/mol. The van der Waals surface area contributed by atoms with E-state index in [4.69, 9.17) is 6.99 Å². The first kappa shape index (κ1) is 16.6. The van der Waals surface area contributed by atoms with E-state index in [1.54, 1.807) is 0 Å².